The fourth-order valence-electron chi connectivity index (χ4n) is 2.97. The monoisotopic (exact) mass is 265 g/mol. The molecule has 3 nitrogen and oxygen atoms in total. The lowest BCUT2D eigenvalue weighted by atomic mass is 9.86. The van der Waals surface area contributed by atoms with E-state index >= 15 is 0 Å². The van der Waals surface area contributed by atoms with Crippen molar-refractivity contribution in [1.29, 1.82) is 5.26 Å². The maximum atomic E-state index is 9.35. The SMILES string of the molecule is CCCNC(C)(C#N)CCN(C)C1CCCC(C)C1. The summed E-state index contributed by atoms with van der Waals surface area (Å²) in [6, 6.07) is 3.16. The topological polar surface area (TPSA) is 39.1 Å². The number of rotatable bonds is 7. The highest BCUT2D eigenvalue weighted by Gasteiger charge is 2.26. The average Bonchev–Trinajstić information content (AvgIpc) is 2.42. The Kier molecular flexibility index (Phi) is 6.82. The maximum absolute atomic E-state index is 9.35. The Morgan fingerprint density at radius 2 is 2.16 bits per heavy atom. The van der Waals surface area contributed by atoms with Gasteiger partial charge < -0.3 is 4.90 Å². The van der Waals surface area contributed by atoms with E-state index in [0.717, 1.165) is 37.9 Å². The first-order valence-corrected chi connectivity index (χ1v) is 7.87. The van der Waals surface area contributed by atoms with Gasteiger partial charge in [0.2, 0.25) is 0 Å². The number of nitrogens with one attached hydrogen (secondary N) is 1. The molecule has 1 saturated carbocycles. The van der Waals surface area contributed by atoms with Gasteiger partial charge in [-0.1, -0.05) is 26.7 Å². The second kappa shape index (κ2) is 7.87. The van der Waals surface area contributed by atoms with E-state index in [1.54, 1.807) is 0 Å². The van der Waals surface area contributed by atoms with E-state index in [2.05, 4.69) is 37.2 Å². The minimum absolute atomic E-state index is 0.370. The summed E-state index contributed by atoms with van der Waals surface area (Å²) in [5.41, 5.74) is -0.370. The molecule has 1 rings (SSSR count). The van der Waals surface area contributed by atoms with E-state index in [0.29, 0.717) is 0 Å². The predicted molar refractivity (Wildman–Crippen MR) is 81.0 cm³/mol. The second-order valence-electron chi connectivity index (χ2n) is 6.53. The summed E-state index contributed by atoms with van der Waals surface area (Å²) in [4.78, 5) is 2.47. The number of nitriles is 1. The molecule has 19 heavy (non-hydrogen) atoms. The van der Waals surface area contributed by atoms with Gasteiger partial charge >= 0.3 is 0 Å². The molecule has 0 aromatic heterocycles. The Balaban J connectivity index is 2.39. The Morgan fingerprint density at radius 1 is 1.42 bits per heavy atom. The molecule has 3 heteroatoms. The van der Waals surface area contributed by atoms with Crippen LogP contribution in [-0.4, -0.2) is 36.6 Å². The largest absolute Gasteiger partial charge is 0.303 e. The van der Waals surface area contributed by atoms with E-state index < -0.39 is 0 Å². The highest BCUT2D eigenvalue weighted by Crippen LogP contribution is 2.27. The Labute approximate surface area is 119 Å². The minimum Gasteiger partial charge on any atom is -0.303 e. The molecule has 0 aromatic rings. The van der Waals surface area contributed by atoms with Gasteiger partial charge in [0.15, 0.2) is 0 Å². The Morgan fingerprint density at radius 3 is 2.74 bits per heavy atom. The third-order valence-electron chi connectivity index (χ3n) is 4.51. The van der Waals surface area contributed by atoms with Crippen LogP contribution in [0, 0.1) is 17.2 Å². The minimum atomic E-state index is -0.370. The molecule has 1 aliphatic carbocycles. The maximum Gasteiger partial charge on any atom is 0.105 e. The standard InChI is InChI=1S/C16H31N3/c1-5-10-18-16(3,13-17)9-11-19(4)15-8-6-7-14(2)12-15/h14-15,18H,5-12H2,1-4H3. The van der Waals surface area contributed by atoms with Gasteiger partial charge in [0.1, 0.15) is 5.54 Å². The molecule has 1 aliphatic rings. The summed E-state index contributed by atoms with van der Waals surface area (Å²) in [5.74, 6) is 0.863. The third kappa shape index (κ3) is 5.50. The Hall–Kier alpha value is -0.590. The lowest BCUT2D eigenvalue weighted by molar-refractivity contribution is 0.154. The molecular weight excluding hydrogens is 234 g/mol. The molecule has 0 radical (unpaired) electrons. The zero-order valence-corrected chi connectivity index (χ0v) is 13.2. The van der Waals surface area contributed by atoms with Crippen LogP contribution in [0.25, 0.3) is 0 Å². The normalized spacial score (nSPS) is 26.9. The van der Waals surface area contributed by atoms with Crippen molar-refractivity contribution in [3.05, 3.63) is 0 Å². The smallest absolute Gasteiger partial charge is 0.105 e. The quantitative estimate of drug-likeness (QED) is 0.768. The van der Waals surface area contributed by atoms with E-state index in [4.69, 9.17) is 0 Å². The van der Waals surface area contributed by atoms with Crippen molar-refractivity contribution in [2.24, 2.45) is 5.92 Å². The molecule has 3 unspecified atom stereocenters. The lowest BCUT2D eigenvalue weighted by Gasteiger charge is -2.35. The van der Waals surface area contributed by atoms with Gasteiger partial charge in [0, 0.05) is 12.6 Å². The molecule has 0 amide bonds. The molecule has 1 fully saturated rings. The van der Waals surface area contributed by atoms with Crippen LogP contribution in [0.2, 0.25) is 0 Å². The first-order chi connectivity index (χ1) is 9.00. The van der Waals surface area contributed by atoms with Crippen LogP contribution >= 0.6 is 0 Å². The van der Waals surface area contributed by atoms with Crippen molar-refractivity contribution in [2.45, 2.75) is 70.9 Å². The summed E-state index contributed by atoms with van der Waals surface area (Å²) in [6.45, 7) is 8.47. The molecular formula is C16H31N3. The van der Waals surface area contributed by atoms with E-state index in [1.165, 1.54) is 25.7 Å². The predicted octanol–water partition coefficient (Wildman–Crippen LogP) is 3.17. The van der Waals surface area contributed by atoms with Gasteiger partial charge in [-0.15, -0.1) is 0 Å². The zero-order chi connectivity index (χ0) is 14.3. The van der Waals surface area contributed by atoms with E-state index in [-0.39, 0.29) is 5.54 Å². The Bertz CT molecular complexity index is 297. The van der Waals surface area contributed by atoms with Crippen LogP contribution in [0.1, 0.15) is 59.3 Å². The van der Waals surface area contributed by atoms with Crippen molar-refractivity contribution >= 4 is 0 Å². The van der Waals surface area contributed by atoms with Crippen LogP contribution in [0.3, 0.4) is 0 Å². The summed E-state index contributed by atoms with van der Waals surface area (Å²) < 4.78 is 0. The summed E-state index contributed by atoms with van der Waals surface area (Å²) >= 11 is 0. The van der Waals surface area contributed by atoms with Crippen molar-refractivity contribution in [2.75, 3.05) is 20.1 Å². The molecule has 0 heterocycles. The molecule has 0 spiro atoms. The highest BCUT2D eigenvalue weighted by molar-refractivity contribution is 5.04. The van der Waals surface area contributed by atoms with E-state index in [9.17, 15) is 5.26 Å². The van der Waals surface area contributed by atoms with Crippen LogP contribution in [0.4, 0.5) is 0 Å². The number of hydrogen-bond acceptors (Lipinski definition) is 3. The lowest BCUT2D eigenvalue weighted by Crippen LogP contribution is -2.45. The van der Waals surface area contributed by atoms with Crippen LogP contribution in [0.15, 0.2) is 0 Å². The fourth-order valence-corrected chi connectivity index (χ4v) is 2.97. The van der Waals surface area contributed by atoms with Crippen molar-refractivity contribution in [3.63, 3.8) is 0 Å². The van der Waals surface area contributed by atoms with E-state index in [1.807, 2.05) is 6.92 Å². The third-order valence-corrected chi connectivity index (χ3v) is 4.51. The van der Waals surface area contributed by atoms with Crippen molar-refractivity contribution in [1.82, 2.24) is 10.2 Å². The van der Waals surface area contributed by atoms with Crippen molar-refractivity contribution < 1.29 is 0 Å². The number of nitrogens with zero attached hydrogens (tertiary/aromatic N) is 2. The second-order valence-corrected chi connectivity index (χ2v) is 6.53. The summed E-state index contributed by atoms with van der Waals surface area (Å²) in [5, 5.41) is 12.7. The van der Waals surface area contributed by atoms with Crippen LogP contribution in [-0.2, 0) is 0 Å². The summed E-state index contributed by atoms with van der Waals surface area (Å²) in [6.07, 6.45) is 7.38. The van der Waals surface area contributed by atoms with Gasteiger partial charge in [-0.2, -0.15) is 5.26 Å². The van der Waals surface area contributed by atoms with Gasteiger partial charge in [0.25, 0.3) is 0 Å². The van der Waals surface area contributed by atoms with Crippen LogP contribution in [0.5, 0.6) is 0 Å². The van der Waals surface area contributed by atoms with Crippen LogP contribution < -0.4 is 5.32 Å². The number of hydrogen-bond donors (Lipinski definition) is 1. The molecule has 0 aliphatic heterocycles. The molecule has 110 valence electrons. The molecule has 0 bridgehead atoms. The molecule has 3 atom stereocenters. The molecule has 0 aromatic carbocycles. The fraction of sp³-hybridized carbons (Fsp3) is 0.938. The van der Waals surface area contributed by atoms with Gasteiger partial charge in [-0.25, -0.2) is 0 Å². The first-order valence-electron chi connectivity index (χ1n) is 7.87. The van der Waals surface area contributed by atoms with Gasteiger partial charge in [0.05, 0.1) is 6.07 Å². The zero-order valence-electron chi connectivity index (χ0n) is 13.2. The summed E-state index contributed by atoms with van der Waals surface area (Å²) in [7, 11) is 2.22. The van der Waals surface area contributed by atoms with Crippen molar-refractivity contribution in [3.8, 4) is 6.07 Å². The van der Waals surface area contributed by atoms with Gasteiger partial charge in [-0.05, 0) is 52.1 Å². The molecule has 0 saturated heterocycles. The average molecular weight is 265 g/mol. The molecule has 1 N–H and O–H groups in total. The van der Waals surface area contributed by atoms with Gasteiger partial charge in [-0.3, -0.25) is 5.32 Å². The highest BCUT2D eigenvalue weighted by atomic mass is 15.1. The first kappa shape index (κ1) is 16.5.